The van der Waals surface area contributed by atoms with Crippen molar-refractivity contribution in [1.82, 2.24) is 0 Å². The highest BCUT2D eigenvalue weighted by atomic mass is 35.5. The second kappa shape index (κ2) is 4.34. The molecule has 16 heavy (non-hydrogen) atoms. The molecule has 0 bridgehead atoms. The van der Waals surface area contributed by atoms with Gasteiger partial charge in [-0.3, -0.25) is 4.79 Å². The minimum atomic E-state index is -0.738. The van der Waals surface area contributed by atoms with Gasteiger partial charge in [-0.2, -0.15) is 0 Å². The minimum absolute atomic E-state index is 0.213. The van der Waals surface area contributed by atoms with Crippen molar-refractivity contribution in [3.8, 4) is 0 Å². The smallest absolute Gasteiger partial charge is 0.303 e. The second-order valence-corrected chi connectivity index (χ2v) is 4.65. The van der Waals surface area contributed by atoms with Crippen molar-refractivity contribution in [2.45, 2.75) is 18.8 Å². The summed E-state index contributed by atoms with van der Waals surface area (Å²) in [5, 5.41) is 9.42. The molecule has 0 spiro atoms. The Bertz CT molecular complexity index is 419. The summed E-state index contributed by atoms with van der Waals surface area (Å²) >= 11 is 5.96. The van der Waals surface area contributed by atoms with Crippen LogP contribution in [0.1, 0.15) is 24.3 Å². The van der Waals surface area contributed by atoms with E-state index in [0.29, 0.717) is 6.42 Å². The van der Waals surface area contributed by atoms with Gasteiger partial charge in [0.2, 0.25) is 0 Å². The average molecular weight is 240 g/mol. The topological polar surface area (TPSA) is 40.5 Å². The van der Waals surface area contributed by atoms with Crippen molar-refractivity contribution in [3.05, 3.63) is 28.8 Å². The first-order valence-electron chi connectivity index (χ1n) is 5.30. The first-order valence-corrected chi connectivity index (χ1v) is 5.68. The molecule has 1 aromatic carbocycles. The molecular weight excluding hydrogens is 226 g/mol. The number of carbonyl (C=O) groups is 1. The van der Waals surface area contributed by atoms with E-state index in [1.54, 1.807) is 0 Å². The van der Waals surface area contributed by atoms with Crippen molar-refractivity contribution < 1.29 is 9.90 Å². The Morgan fingerprint density at radius 3 is 3.06 bits per heavy atom. The maximum Gasteiger partial charge on any atom is 0.303 e. The van der Waals surface area contributed by atoms with Gasteiger partial charge in [0, 0.05) is 36.6 Å². The summed E-state index contributed by atoms with van der Waals surface area (Å²) in [6, 6.07) is 5.82. The van der Waals surface area contributed by atoms with E-state index in [-0.39, 0.29) is 12.3 Å². The molecule has 1 aliphatic heterocycles. The number of aliphatic carboxylic acids is 1. The summed E-state index contributed by atoms with van der Waals surface area (Å²) in [5.74, 6) is -0.451. The van der Waals surface area contributed by atoms with Crippen LogP contribution in [0.5, 0.6) is 0 Å². The van der Waals surface area contributed by atoms with Crippen LogP contribution in [0.3, 0.4) is 0 Å². The first kappa shape index (κ1) is 11.3. The lowest BCUT2D eigenvalue weighted by Gasteiger charge is -2.11. The lowest BCUT2D eigenvalue weighted by atomic mass is 9.96. The van der Waals surface area contributed by atoms with Crippen molar-refractivity contribution in [2.24, 2.45) is 0 Å². The summed E-state index contributed by atoms with van der Waals surface area (Å²) in [6.07, 6.45) is 0.886. The maximum atomic E-state index is 10.6. The highest BCUT2D eigenvalue weighted by Crippen LogP contribution is 2.39. The zero-order valence-electron chi connectivity index (χ0n) is 9.11. The van der Waals surface area contributed by atoms with Crippen molar-refractivity contribution in [1.29, 1.82) is 0 Å². The average Bonchev–Trinajstić information content (AvgIpc) is 2.52. The summed E-state index contributed by atoms with van der Waals surface area (Å²) in [5.41, 5.74) is 2.34. The van der Waals surface area contributed by atoms with Gasteiger partial charge in [0.1, 0.15) is 0 Å². The summed E-state index contributed by atoms with van der Waals surface area (Å²) in [6.45, 7) is 0.878. The third-order valence-corrected chi connectivity index (χ3v) is 3.28. The number of nitrogens with zero attached hydrogens (tertiary/aromatic N) is 1. The van der Waals surface area contributed by atoms with Crippen LogP contribution in [-0.4, -0.2) is 24.7 Å². The molecule has 86 valence electrons. The molecule has 0 fully saturated rings. The third kappa shape index (κ3) is 2.14. The molecule has 4 heteroatoms. The Balaban J connectivity index is 2.20. The van der Waals surface area contributed by atoms with Crippen molar-refractivity contribution >= 4 is 23.3 Å². The van der Waals surface area contributed by atoms with Crippen LogP contribution in [0.15, 0.2) is 18.2 Å². The minimum Gasteiger partial charge on any atom is -0.481 e. The van der Waals surface area contributed by atoms with Crippen LogP contribution in [0, 0.1) is 0 Å². The van der Waals surface area contributed by atoms with Crippen LogP contribution in [0.25, 0.3) is 0 Å². The molecule has 1 unspecified atom stereocenters. The summed E-state index contributed by atoms with van der Waals surface area (Å²) in [4.78, 5) is 12.7. The van der Waals surface area contributed by atoms with Gasteiger partial charge in [0.25, 0.3) is 0 Å². The molecule has 1 atom stereocenters. The normalized spacial score (nSPS) is 18.6. The molecular formula is C12H14ClNO2. The number of hydrogen-bond donors (Lipinski definition) is 1. The van der Waals surface area contributed by atoms with Crippen molar-refractivity contribution in [2.75, 3.05) is 18.5 Å². The summed E-state index contributed by atoms with van der Waals surface area (Å²) < 4.78 is 0. The van der Waals surface area contributed by atoms with Crippen LogP contribution in [-0.2, 0) is 4.79 Å². The number of benzene rings is 1. The van der Waals surface area contributed by atoms with Crippen LogP contribution in [0.2, 0.25) is 5.02 Å². The fraction of sp³-hybridized carbons (Fsp3) is 0.417. The van der Waals surface area contributed by atoms with E-state index in [9.17, 15) is 4.79 Å². The highest BCUT2D eigenvalue weighted by molar-refractivity contribution is 6.30. The lowest BCUT2D eigenvalue weighted by molar-refractivity contribution is -0.137. The van der Waals surface area contributed by atoms with Gasteiger partial charge in [-0.15, -0.1) is 0 Å². The molecule has 3 nitrogen and oxygen atoms in total. The molecule has 2 rings (SSSR count). The Kier molecular flexibility index (Phi) is 3.06. The number of carboxylic acid groups (broad SMARTS) is 1. The lowest BCUT2D eigenvalue weighted by Crippen LogP contribution is -2.15. The number of halogens is 1. The van der Waals surface area contributed by atoms with Gasteiger partial charge in [0.05, 0.1) is 0 Å². The van der Waals surface area contributed by atoms with Gasteiger partial charge in [-0.25, -0.2) is 0 Å². The first-order chi connectivity index (χ1) is 7.58. The fourth-order valence-corrected chi connectivity index (χ4v) is 2.45. The molecule has 1 aromatic rings. The van der Waals surface area contributed by atoms with E-state index in [4.69, 9.17) is 16.7 Å². The van der Waals surface area contributed by atoms with Gasteiger partial charge >= 0.3 is 5.97 Å². The molecule has 1 N–H and O–H groups in total. The van der Waals surface area contributed by atoms with Gasteiger partial charge in [0.15, 0.2) is 0 Å². The predicted octanol–water partition coefficient (Wildman–Crippen LogP) is 2.74. The molecule has 0 saturated heterocycles. The number of rotatable bonds is 3. The SMILES string of the molecule is CN1CC(CCC(=O)O)c2cc(Cl)ccc21. The highest BCUT2D eigenvalue weighted by Gasteiger charge is 2.26. The molecule has 1 heterocycles. The molecule has 0 aliphatic carbocycles. The molecule has 0 saturated carbocycles. The summed E-state index contributed by atoms with van der Waals surface area (Å²) in [7, 11) is 2.02. The van der Waals surface area contributed by atoms with Crippen LogP contribution < -0.4 is 4.90 Å². The molecule has 0 aromatic heterocycles. The largest absolute Gasteiger partial charge is 0.481 e. The van der Waals surface area contributed by atoms with E-state index in [1.165, 1.54) is 11.3 Å². The molecule has 1 aliphatic rings. The second-order valence-electron chi connectivity index (χ2n) is 4.21. The number of likely N-dealkylation sites (N-methyl/N-ethyl adjacent to an activating group) is 1. The van der Waals surface area contributed by atoms with Gasteiger partial charge < -0.3 is 10.0 Å². The molecule has 0 amide bonds. The quantitative estimate of drug-likeness (QED) is 0.882. The predicted molar refractivity (Wildman–Crippen MR) is 64.3 cm³/mol. The van der Waals surface area contributed by atoms with Gasteiger partial charge in [-0.05, 0) is 30.2 Å². The Labute approximate surface area is 99.6 Å². The van der Waals surface area contributed by atoms with Gasteiger partial charge in [-0.1, -0.05) is 11.6 Å². The standard InChI is InChI=1S/C12H14ClNO2/c1-14-7-8(2-5-12(15)16)10-6-9(13)3-4-11(10)14/h3-4,6,8H,2,5,7H2,1H3,(H,15,16). The monoisotopic (exact) mass is 239 g/mol. The van der Waals surface area contributed by atoms with E-state index in [0.717, 1.165) is 11.6 Å². The van der Waals surface area contributed by atoms with Crippen LogP contribution >= 0.6 is 11.6 Å². The molecule has 0 radical (unpaired) electrons. The fourth-order valence-electron chi connectivity index (χ4n) is 2.27. The van der Waals surface area contributed by atoms with E-state index in [2.05, 4.69) is 4.90 Å². The van der Waals surface area contributed by atoms with Crippen molar-refractivity contribution in [3.63, 3.8) is 0 Å². The van der Waals surface area contributed by atoms with Crippen LogP contribution in [0.4, 0.5) is 5.69 Å². The number of fused-ring (bicyclic) bond motifs is 1. The van der Waals surface area contributed by atoms with E-state index in [1.807, 2.05) is 25.2 Å². The zero-order valence-corrected chi connectivity index (χ0v) is 9.87. The Morgan fingerprint density at radius 2 is 2.38 bits per heavy atom. The van der Waals surface area contributed by atoms with E-state index < -0.39 is 5.97 Å². The number of anilines is 1. The maximum absolute atomic E-state index is 10.6. The Morgan fingerprint density at radius 1 is 1.62 bits per heavy atom. The van der Waals surface area contributed by atoms with E-state index >= 15 is 0 Å². The Hall–Kier alpha value is -1.22. The third-order valence-electron chi connectivity index (χ3n) is 3.04. The number of hydrogen-bond acceptors (Lipinski definition) is 2. The zero-order chi connectivity index (χ0) is 11.7. The number of carboxylic acids is 1.